The smallest absolute Gasteiger partial charge is 0.150 e. The van der Waals surface area contributed by atoms with Crippen molar-refractivity contribution in [3.8, 4) is 0 Å². The zero-order chi connectivity index (χ0) is 9.73. The number of hydrogen-bond donors (Lipinski definition) is 1. The minimum Gasteiger partial charge on any atom is -0.383 e. The Labute approximate surface area is 79.6 Å². The third-order valence-corrected chi connectivity index (χ3v) is 4.01. The zero-order valence-electron chi connectivity index (χ0n) is 7.95. The third-order valence-electron chi connectivity index (χ3n) is 2.29. The van der Waals surface area contributed by atoms with Crippen molar-refractivity contribution in [2.45, 2.75) is 18.9 Å². The van der Waals surface area contributed by atoms with Crippen LogP contribution in [0.1, 0.15) is 12.8 Å². The summed E-state index contributed by atoms with van der Waals surface area (Å²) in [5.41, 5.74) is 0. The van der Waals surface area contributed by atoms with Gasteiger partial charge in [0.2, 0.25) is 0 Å². The number of ether oxygens (including phenoxy) is 1. The van der Waals surface area contributed by atoms with Crippen LogP contribution in [0.25, 0.3) is 0 Å². The largest absolute Gasteiger partial charge is 0.383 e. The molecule has 5 heteroatoms. The topological polar surface area (TPSA) is 55.4 Å². The lowest BCUT2D eigenvalue weighted by molar-refractivity contribution is 0.194. The van der Waals surface area contributed by atoms with Gasteiger partial charge in [0.05, 0.1) is 18.1 Å². The van der Waals surface area contributed by atoms with E-state index in [9.17, 15) is 8.42 Å². The lowest BCUT2D eigenvalue weighted by Gasteiger charge is -2.22. The highest BCUT2D eigenvalue weighted by atomic mass is 32.2. The van der Waals surface area contributed by atoms with Crippen molar-refractivity contribution >= 4 is 9.84 Å². The first-order valence-corrected chi connectivity index (χ1v) is 6.39. The normalized spacial score (nSPS) is 23.2. The minimum absolute atomic E-state index is 0.331. The van der Waals surface area contributed by atoms with Crippen LogP contribution < -0.4 is 5.32 Å². The van der Waals surface area contributed by atoms with Gasteiger partial charge in [-0.1, -0.05) is 0 Å². The van der Waals surface area contributed by atoms with Gasteiger partial charge >= 0.3 is 0 Å². The second-order valence-electron chi connectivity index (χ2n) is 3.37. The highest BCUT2D eigenvalue weighted by Gasteiger charge is 2.22. The van der Waals surface area contributed by atoms with Gasteiger partial charge in [0.1, 0.15) is 9.84 Å². The highest BCUT2D eigenvalue weighted by Crippen LogP contribution is 2.11. The van der Waals surface area contributed by atoms with Crippen molar-refractivity contribution in [2.75, 3.05) is 31.8 Å². The van der Waals surface area contributed by atoms with Crippen LogP contribution in [0.3, 0.4) is 0 Å². The molecule has 0 atom stereocenters. The average Bonchev–Trinajstić information content (AvgIpc) is 2.08. The zero-order valence-corrected chi connectivity index (χ0v) is 8.77. The van der Waals surface area contributed by atoms with Gasteiger partial charge in [0, 0.05) is 19.7 Å². The Balaban J connectivity index is 2.18. The van der Waals surface area contributed by atoms with Crippen LogP contribution in [0.5, 0.6) is 0 Å². The van der Waals surface area contributed by atoms with Gasteiger partial charge in [-0.25, -0.2) is 8.42 Å². The molecule has 0 unspecified atom stereocenters. The molecule has 0 bridgehead atoms. The Morgan fingerprint density at radius 1 is 1.38 bits per heavy atom. The molecule has 1 saturated heterocycles. The number of methoxy groups -OCH3 is 1. The molecule has 0 aromatic rings. The van der Waals surface area contributed by atoms with E-state index in [0.29, 0.717) is 24.2 Å². The molecule has 0 aliphatic carbocycles. The van der Waals surface area contributed by atoms with Gasteiger partial charge in [-0.05, 0) is 12.8 Å². The molecule has 1 N–H and O–H groups in total. The Morgan fingerprint density at radius 2 is 2.00 bits per heavy atom. The van der Waals surface area contributed by atoms with Crippen molar-refractivity contribution in [1.82, 2.24) is 5.32 Å². The Hall–Kier alpha value is -0.130. The quantitative estimate of drug-likeness (QED) is 0.649. The average molecular weight is 207 g/mol. The van der Waals surface area contributed by atoms with E-state index in [1.165, 1.54) is 0 Å². The number of nitrogens with one attached hydrogen (secondary N) is 1. The molecule has 0 aromatic heterocycles. The summed E-state index contributed by atoms with van der Waals surface area (Å²) >= 11 is 0. The summed E-state index contributed by atoms with van der Waals surface area (Å²) in [6.07, 6.45) is 1.48. The molecule has 0 amide bonds. The van der Waals surface area contributed by atoms with Crippen LogP contribution in [0.15, 0.2) is 0 Å². The molecule has 1 aliphatic rings. The van der Waals surface area contributed by atoms with Crippen molar-refractivity contribution in [1.29, 1.82) is 0 Å². The molecule has 1 fully saturated rings. The molecule has 0 radical (unpaired) electrons. The molecular weight excluding hydrogens is 190 g/mol. The first kappa shape index (κ1) is 10.9. The maximum Gasteiger partial charge on any atom is 0.150 e. The Morgan fingerprint density at radius 3 is 2.54 bits per heavy atom. The fraction of sp³-hybridized carbons (Fsp3) is 1.00. The van der Waals surface area contributed by atoms with Gasteiger partial charge in [-0.2, -0.15) is 0 Å². The molecule has 1 aliphatic heterocycles. The van der Waals surface area contributed by atoms with Crippen LogP contribution >= 0.6 is 0 Å². The fourth-order valence-corrected chi connectivity index (χ4v) is 2.95. The second kappa shape index (κ2) is 4.93. The summed E-state index contributed by atoms with van der Waals surface area (Å²) < 4.78 is 27.0. The molecule has 4 nitrogen and oxygen atoms in total. The van der Waals surface area contributed by atoms with E-state index in [1.807, 2.05) is 0 Å². The summed E-state index contributed by atoms with van der Waals surface area (Å²) in [4.78, 5) is 0. The van der Waals surface area contributed by atoms with Gasteiger partial charge in [-0.15, -0.1) is 0 Å². The molecule has 13 heavy (non-hydrogen) atoms. The van der Waals surface area contributed by atoms with Crippen molar-refractivity contribution in [2.24, 2.45) is 0 Å². The van der Waals surface area contributed by atoms with Crippen LogP contribution in [0, 0.1) is 0 Å². The lowest BCUT2D eigenvalue weighted by Crippen LogP contribution is -2.38. The van der Waals surface area contributed by atoms with Crippen molar-refractivity contribution in [3.05, 3.63) is 0 Å². The summed E-state index contributed by atoms with van der Waals surface area (Å²) in [6, 6.07) is 0.360. The van der Waals surface area contributed by atoms with Crippen molar-refractivity contribution in [3.63, 3.8) is 0 Å². The maximum atomic E-state index is 11.1. The summed E-state index contributed by atoms with van der Waals surface area (Å²) in [7, 11) is -1.06. The Kier molecular flexibility index (Phi) is 4.15. The van der Waals surface area contributed by atoms with Crippen LogP contribution in [0.4, 0.5) is 0 Å². The van der Waals surface area contributed by atoms with E-state index in [-0.39, 0.29) is 0 Å². The van der Waals surface area contributed by atoms with E-state index in [1.54, 1.807) is 7.11 Å². The van der Waals surface area contributed by atoms with Crippen LogP contribution in [0.2, 0.25) is 0 Å². The van der Waals surface area contributed by atoms with E-state index in [4.69, 9.17) is 4.74 Å². The minimum atomic E-state index is -2.72. The first-order valence-electron chi connectivity index (χ1n) is 4.57. The second-order valence-corrected chi connectivity index (χ2v) is 5.68. The van der Waals surface area contributed by atoms with E-state index in [2.05, 4.69) is 5.32 Å². The van der Waals surface area contributed by atoms with Gasteiger partial charge in [-0.3, -0.25) is 0 Å². The first-order chi connectivity index (χ1) is 6.14. The molecule has 1 rings (SSSR count). The van der Waals surface area contributed by atoms with E-state index in [0.717, 1.165) is 19.4 Å². The summed E-state index contributed by atoms with van der Waals surface area (Å²) in [6.45, 7) is 1.49. The predicted molar refractivity (Wildman–Crippen MR) is 51.6 cm³/mol. The maximum absolute atomic E-state index is 11.1. The predicted octanol–water partition coefficient (Wildman–Crippen LogP) is -0.200. The van der Waals surface area contributed by atoms with Crippen LogP contribution in [-0.4, -0.2) is 46.2 Å². The number of rotatable bonds is 4. The Bertz CT molecular complexity index is 224. The number of sulfone groups is 1. The lowest BCUT2D eigenvalue weighted by atomic mass is 10.1. The van der Waals surface area contributed by atoms with Gasteiger partial charge < -0.3 is 10.1 Å². The highest BCUT2D eigenvalue weighted by molar-refractivity contribution is 7.91. The van der Waals surface area contributed by atoms with Gasteiger partial charge in [0.25, 0.3) is 0 Å². The third kappa shape index (κ3) is 4.06. The van der Waals surface area contributed by atoms with E-state index >= 15 is 0 Å². The van der Waals surface area contributed by atoms with E-state index < -0.39 is 9.84 Å². The number of hydrogen-bond acceptors (Lipinski definition) is 4. The monoisotopic (exact) mass is 207 g/mol. The standard InChI is InChI=1S/C8H17NO3S/c1-12-5-4-9-8-2-6-13(10,11)7-3-8/h8-9H,2-7H2,1H3. The molecule has 0 spiro atoms. The molecule has 0 aromatic carbocycles. The molecule has 1 heterocycles. The molecule has 0 saturated carbocycles. The fourth-order valence-electron chi connectivity index (χ4n) is 1.46. The summed E-state index contributed by atoms with van der Waals surface area (Å²) in [5, 5.41) is 3.27. The van der Waals surface area contributed by atoms with Crippen LogP contribution in [-0.2, 0) is 14.6 Å². The van der Waals surface area contributed by atoms with Gasteiger partial charge in [0.15, 0.2) is 0 Å². The van der Waals surface area contributed by atoms with Crippen molar-refractivity contribution < 1.29 is 13.2 Å². The summed E-state index contributed by atoms with van der Waals surface area (Å²) in [5.74, 6) is 0.662. The SMILES string of the molecule is COCCNC1CCS(=O)(=O)CC1. The molecule has 78 valence electrons. The molecular formula is C8H17NO3S.